The Kier molecular flexibility index (Phi) is 6.94. The van der Waals surface area contributed by atoms with Crippen LogP contribution in [-0.2, 0) is 38.1 Å². The predicted octanol–water partition coefficient (Wildman–Crippen LogP) is 5.87. The zero-order chi connectivity index (χ0) is 38.5. The van der Waals surface area contributed by atoms with Crippen molar-refractivity contribution in [2.45, 2.75) is 110 Å². The van der Waals surface area contributed by atoms with Crippen LogP contribution in [-0.4, -0.2) is 61.0 Å². The average Bonchev–Trinajstić information content (AvgIpc) is 3.56. The number of hydrogen-bond acceptors (Lipinski definition) is 13. The Labute approximate surface area is 305 Å². The van der Waals surface area contributed by atoms with Crippen molar-refractivity contribution >= 4 is 45.8 Å². The Morgan fingerprint density at radius 2 is 1.25 bits per heavy atom. The molecule has 0 amide bonds. The fourth-order valence-electron chi connectivity index (χ4n) is 9.67. The van der Waals surface area contributed by atoms with E-state index < -0.39 is 80.0 Å². The zero-order valence-electron chi connectivity index (χ0n) is 31.6. The van der Waals surface area contributed by atoms with Crippen molar-refractivity contribution in [2.75, 3.05) is 14.2 Å². The van der Waals surface area contributed by atoms with Gasteiger partial charge in [0.2, 0.25) is 16.6 Å². The smallest absolute Gasteiger partial charge is 0.351 e. The fourth-order valence-corrected chi connectivity index (χ4v) is 9.67. The molecule has 13 nitrogen and oxygen atoms in total. The summed E-state index contributed by atoms with van der Waals surface area (Å²) in [6.45, 7) is 14.1. The molecule has 0 N–H and O–H groups in total. The first-order valence-corrected chi connectivity index (χ1v) is 17.9. The number of benzene rings is 2. The van der Waals surface area contributed by atoms with Gasteiger partial charge >= 0.3 is 23.9 Å². The van der Waals surface area contributed by atoms with Gasteiger partial charge in [0, 0.05) is 16.9 Å². The van der Waals surface area contributed by atoms with E-state index in [2.05, 4.69) is 0 Å². The lowest BCUT2D eigenvalue weighted by Gasteiger charge is -2.46. The SMILES string of the molecule is COc1cccc2c(=O)c3c(OC)cc4c(c3oc12)[C@@H](OC(=O)[C@@]12CC[C@@](C)(C(=O)O1)C2(C)C)[C@@H](OC(=O)[C@@]12CC[C@@](C)(C(=O)O1)C2(C)C)C(C)(C)O4. The Bertz CT molecular complexity index is 2250. The van der Waals surface area contributed by atoms with Gasteiger partial charge in [0.25, 0.3) is 0 Å². The molecule has 13 heteroatoms. The predicted molar refractivity (Wildman–Crippen MR) is 186 cm³/mol. The molecule has 282 valence electrons. The van der Waals surface area contributed by atoms with E-state index in [1.165, 1.54) is 20.3 Å². The van der Waals surface area contributed by atoms with Crippen LogP contribution in [0.4, 0.5) is 0 Å². The number of para-hydroxylation sites is 1. The third-order valence-electron chi connectivity index (χ3n) is 14.3. The van der Waals surface area contributed by atoms with Crippen molar-refractivity contribution in [3.05, 3.63) is 40.1 Å². The second-order valence-electron chi connectivity index (χ2n) is 17.2. The number of ether oxygens (including phenoxy) is 7. The van der Waals surface area contributed by atoms with E-state index in [-0.39, 0.29) is 57.6 Å². The van der Waals surface area contributed by atoms with Crippen LogP contribution in [0.5, 0.6) is 17.2 Å². The normalized spacial score (nSPS) is 33.9. The van der Waals surface area contributed by atoms with E-state index in [9.17, 15) is 24.0 Å². The summed E-state index contributed by atoms with van der Waals surface area (Å²) in [5, 5.41) is 0.234. The highest BCUT2D eigenvalue weighted by Crippen LogP contribution is 2.68. The average molecular weight is 733 g/mol. The molecule has 8 rings (SSSR count). The quantitative estimate of drug-likeness (QED) is 0.168. The summed E-state index contributed by atoms with van der Waals surface area (Å²) < 4.78 is 49.0. The molecule has 4 fully saturated rings. The summed E-state index contributed by atoms with van der Waals surface area (Å²) in [7, 11) is 2.84. The van der Waals surface area contributed by atoms with Gasteiger partial charge in [-0.05, 0) is 65.5 Å². The van der Waals surface area contributed by atoms with Gasteiger partial charge in [-0.1, -0.05) is 33.8 Å². The second kappa shape index (κ2) is 10.4. The number of methoxy groups -OCH3 is 2. The maximum absolute atomic E-state index is 14.8. The van der Waals surface area contributed by atoms with E-state index in [0.717, 1.165) is 0 Å². The van der Waals surface area contributed by atoms with E-state index in [1.807, 2.05) is 0 Å². The maximum atomic E-state index is 14.8. The number of hydrogen-bond donors (Lipinski definition) is 0. The standard InChI is InChI=1S/C40H44O13/c1-34(2)29(50-33(45)40-17-15-38(8,31(43)53-40)36(40,5)6)28(49-32(44)39-16-14-37(7,30(42)52-39)35(39,3)4)24-22(51-34)18-21(47-10)23-25(41)19-12-11-13-20(46-9)26(19)48-27(23)24/h11-13,18,28-29H,14-17H2,1-10H3/t28-,29-,37+,38+,39-,40-/m1/s1. The molecule has 2 aromatic carbocycles. The lowest BCUT2D eigenvalue weighted by molar-refractivity contribution is -0.217. The first kappa shape index (κ1) is 35.2. The van der Waals surface area contributed by atoms with E-state index in [0.29, 0.717) is 12.8 Å². The summed E-state index contributed by atoms with van der Waals surface area (Å²) in [5.41, 5.74) is -8.79. The number of fused-ring (bicyclic) bond motifs is 8. The van der Waals surface area contributed by atoms with Gasteiger partial charge in [-0.2, -0.15) is 0 Å². The monoisotopic (exact) mass is 732 g/mol. The molecular formula is C40H44O13. The Balaban J connectivity index is 1.35. The molecule has 5 aliphatic rings. The topological polar surface area (TPSA) is 163 Å². The third kappa shape index (κ3) is 3.95. The van der Waals surface area contributed by atoms with Crippen LogP contribution < -0.4 is 19.6 Å². The largest absolute Gasteiger partial charge is 0.496 e. The van der Waals surface area contributed by atoms with Crippen molar-refractivity contribution in [3.63, 3.8) is 0 Å². The van der Waals surface area contributed by atoms with Crippen molar-refractivity contribution in [1.29, 1.82) is 0 Å². The van der Waals surface area contributed by atoms with Gasteiger partial charge in [-0.15, -0.1) is 0 Å². The van der Waals surface area contributed by atoms with Crippen molar-refractivity contribution in [3.8, 4) is 17.2 Å². The number of rotatable bonds is 6. The van der Waals surface area contributed by atoms with Crippen LogP contribution in [0.3, 0.4) is 0 Å². The van der Waals surface area contributed by atoms with E-state index in [1.54, 1.807) is 73.6 Å². The van der Waals surface area contributed by atoms with Crippen molar-refractivity contribution in [2.24, 2.45) is 21.7 Å². The molecule has 3 aliphatic heterocycles. The third-order valence-corrected chi connectivity index (χ3v) is 14.3. The van der Waals surface area contributed by atoms with E-state index in [4.69, 9.17) is 37.6 Å². The summed E-state index contributed by atoms with van der Waals surface area (Å²) in [6.07, 6.45) is -1.66. The fraction of sp³-hybridized carbons (Fsp3) is 0.575. The van der Waals surface area contributed by atoms with Gasteiger partial charge in [-0.3, -0.25) is 14.4 Å². The molecule has 4 heterocycles. The summed E-state index contributed by atoms with van der Waals surface area (Å²) in [4.78, 5) is 70.1. The Morgan fingerprint density at radius 1 is 0.698 bits per heavy atom. The van der Waals surface area contributed by atoms with Crippen LogP contribution in [0.25, 0.3) is 21.9 Å². The lowest BCUT2D eigenvalue weighted by atomic mass is 9.66. The molecule has 2 saturated carbocycles. The summed E-state index contributed by atoms with van der Waals surface area (Å²) >= 11 is 0. The highest BCUT2D eigenvalue weighted by atomic mass is 16.7. The highest BCUT2D eigenvalue weighted by Gasteiger charge is 2.78. The first-order chi connectivity index (χ1) is 24.7. The maximum Gasteiger partial charge on any atom is 0.351 e. The molecular weight excluding hydrogens is 688 g/mol. The van der Waals surface area contributed by atoms with Gasteiger partial charge in [-0.25, -0.2) is 9.59 Å². The lowest BCUT2D eigenvalue weighted by Crippen LogP contribution is -2.57. The molecule has 0 unspecified atom stereocenters. The number of carbonyl (C=O) groups is 4. The van der Waals surface area contributed by atoms with Gasteiger partial charge in [0.15, 0.2) is 29.1 Å². The second-order valence-corrected chi connectivity index (χ2v) is 17.2. The minimum absolute atomic E-state index is 0.0247. The molecule has 3 aromatic rings. The molecule has 6 atom stereocenters. The Hall–Kier alpha value is -4.81. The molecule has 1 aromatic heterocycles. The molecule has 4 bridgehead atoms. The van der Waals surface area contributed by atoms with Crippen LogP contribution >= 0.6 is 0 Å². The van der Waals surface area contributed by atoms with Crippen LogP contribution in [0.2, 0.25) is 0 Å². The van der Waals surface area contributed by atoms with Gasteiger partial charge in [0.1, 0.15) is 22.5 Å². The number of carbonyl (C=O) groups excluding carboxylic acids is 4. The van der Waals surface area contributed by atoms with Crippen LogP contribution in [0.15, 0.2) is 33.5 Å². The minimum Gasteiger partial charge on any atom is -0.496 e. The van der Waals surface area contributed by atoms with Gasteiger partial charge < -0.3 is 37.6 Å². The molecule has 0 radical (unpaired) electrons. The summed E-state index contributed by atoms with van der Waals surface area (Å²) in [6, 6.07) is 6.40. The Morgan fingerprint density at radius 3 is 1.74 bits per heavy atom. The van der Waals surface area contributed by atoms with Crippen LogP contribution in [0, 0.1) is 21.7 Å². The molecule has 53 heavy (non-hydrogen) atoms. The zero-order valence-corrected chi connectivity index (χ0v) is 31.6. The van der Waals surface area contributed by atoms with Crippen LogP contribution in [0.1, 0.15) is 92.7 Å². The van der Waals surface area contributed by atoms with Crippen molar-refractivity contribution in [1.82, 2.24) is 0 Å². The number of esters is 4. The van der Waals surface area contributed by atoms with Gasteiger partial charge in [0.05, 0.1) is 36.0 Å². The molecule has 0 spiro atoms. The minimum atomic E-state index is -1.66. The highest BCUT2D eigenvalue weighted by molar-refractivity contribution is 5.99. The first-order valence-electron chi connectivity index (χ1n) is 17.9. The van der Waals surface area contributed by atoms with Crippen molar-refractivity contribution < 1.29 is 56.8 Å². The molecule has 2 aliphatic carbocycles. The van der Waals surface area contributed by atoms with E-state index >= 15 is 0 Å². The molecule has 2 saturated heterocycles. The summed E-state index contributed by atoms with van der Waals surface area (Å²) in [5.74, 6) is -2.14.